The van der Waals surface area contributed by atoms with Crippen molar-refractivity contribution in [3.05, 3.63) is 113 Å². The lowest BCUT2D eigenvalue weighted by atomic mass is 9.80. The molecule has 10 heteroatoms. The van der Waals surface area contributed by atoms with Crippen LogP contribution in [0.25, 0.3) is 11.3 Å². The Balaban J connectivity index is 0.000000222. The molecule has 0 atom stereocenters. The zero-order valence-electron chi connectivity index (χ0n) is 23.2. The van der Waals surface area contributed by atoms with Gasteiger partial charge in [0, 0.05) is 43.1 Å². The number of rotatable bonds is 8. The van der Waals surface area contributed by atoms with E-state index in [-0.39, 0.29) is 11.6 Å². The van der Waals surface area contributed by atoms with Crippen LogP contribution in [0.15, 0.2) is 89.8 Å². The van der Waals surface area contributed by atoms with Gasteiger partial charge in [0.1, 0.15) is 16.2 Å². The quantitative estimate of drug-likeness (QED) is 0.161. The highest BCUT2D eigenvalue weighted by Gasteiger charge is 2.09. The maximum atomic E-state index is 12.9. The minimum absolute atomic E-state index is 0.226. The molecular weight excluding hydrogens is 577 g/mol. The van der Waals surface area contributed by atoms with E-state index in [0.29, 0.717) is 17.5 Å². The Morgan fingerprint density at radius 3 is 1.68 bits per heavy atom. The molecule has 0 spiro atoms. The molecule has 0 bridgehead atoms. The van der Waals surface area contributed by atoms with Gasteiger partial charge in [-0.2, -0.15) is 0 Å². The van der Waals surface area contributed by atoms with Crippen molar-refractivity contribution in [1.82, 2.24) is 20.6 Å². The molecule has 0 saturated heterocycles. The monoisotopic (exact) mass is 612 g/mol. The number of halogens is 3. The zero-order chi connectivity index (χ0) is 29.5. The third-order valence-corrected chi connectivity index (χ3v) is 5.79. The van der Waals surface area contributed by atoms with Gasteiger partial charge in [-0.15, -0.1) is 0 Å². The molecule has 0 aliphatic carbocycles. The normalized spacial score (nSPS) is 10.5. The lowest BCUT2D eigenvalue weighted by molar-refractivity contribution is 0.425. The van der Waals surface area contributed by atoms with E-state index in [1.807, 2.05) is 24.3 Å². The van der Waals surface area contributed by atoms with Crippen LogP contribution in [-0.4, -0.2) is 39.2 Å². The molecule has 0 aliphatic rings. The van der Waals surface area contributed by atoms with Crippen molar-refractivity contribution in [2.75, 3.05) is 0 Å². The molecule has 0 unspecified atom stereocenters. The van der Waals surface area contributed by atoms with Crippen LogP contribution in [0.5, 0.6) is 0 Å². The molecule has 0 aliphatic heterocycles. The molecule has 4 N–H and O–H groups in total. The molecule has 0 radical (unpaired) electrons. The number of benzene rings is 2. The number of aromatic nitrogens is 2. The van der Waals surface area contributed by atoms with Crippen LogP contribution in [-0.2, 0) is 13.1 Å². The molecule has 40 heavy (non-hydrogen) atoms. The van der Waals surface area contributed by atoms with Crippen molar-refractivity contribution in [2.45, 2.75) is 52.9 Å². The third kappa shape index (κ3) is 13.4. The van der Waals surface area contributed by atoms with Gasteiger partial charge in [-0.3, -0.25) is 4.98 Å². The van der Waals surface area contributed by atoms with Crippen LogP contribution in [0.3, 0.4) is 0 Å². The molecule has 6 nitrogen and oxygen atoms in total. The Hall–Kier alpha value is -3.02. The molecule has 212 valence electrons. The summed E-state index contributed by atoms with van der Waals surface area (Å²) < 4.78 is 25.9. The van der Waals surface area contributed by atoms with Crippen LogP contribution in [0.1, 0.15) is 38.8 Å². The summed E-state index contributed by atoms with van der Waals surface area (Å²) in [6.45, 7) is 10.2. The third-order valence-electron chi connectivity index (χ3n) is 5.35. The van der Waals surface area contributed by atoms with E-state index in [2.05, 4.69) is 64.2 Å². The van der Waals surface area contributed by atoms with Gasteiger partial charge < -0.3 is 20.7 Å². The van der Waals surface area contributed by atoms with Gasteiger partial charge in [-0.1, -0.05) is 39.8 Å². The summed E-state index contributed by atoms with van der Waals surface area (Å²) in [6, 6.07) is 20.4. The topological polar surface area (TPSA) is 90.3 Å². The molecule has 0 fully saturated rings. The van der Waals surface area contributed by atoms with Gasteiger partial charge >= 0.3 is 7.12 Å². The number of pyridine rings is 2. The highest BCUT2D eigenvalue weighted by atomic mass is 79.9. The second kappa shape index (κ2) is 17.6. The van der Waals surface area contributed by atoms with Crippen molar-refractivity contribution >= 4 is 28.5 Å². The van der Waals surface area contributed by atoms with Crippen molar-refractivity contribution < 1.29 is 18.8 Å². The van der Waals surface area contributed by atoms with Crippen LogP contribution < -0.4 is 16.1 Å². The van der Waals surface area contributed by atoms with Crippen LogP contribution in [0.4, 0.5) is 8.78 Å². The molecule has 4 aromatic rings. The second-order valence-electron chi connectivity index (χ2n) is 9.54. The molecule has 2 aromatic heterocycles. The predicted octanol–water partition coefficient (Wildman–Crippen LogP) is 5.23. The summed E-state index contributed by atoms with van der Waals surface area (Å²) in [5, 5.41) is 23.8. The number of nitrogens with zero attached hydrogens (tertiary/aromatic N) is 2. The average Bonchev–Trinajstić information content (AvgIpc) is 2.92. The number of hydrogen-bond acceptors (Lipinski definition) is 6. The highest BCUT2D eigenvalue weighted by Crippen LogP contribution is 2.18. The molecule has 2 aromatic carbocycles. The summed E-state index contributed by atoms with van der Waals surface area (Å²) in [6.07, 6.45) is 3.59. The van der Waals surface area contributed by atoms with Crippen molar-refractivity contribution in [3.63, 3.8) is 0 Å². The van der Waals surface area contributed by atoms with E-state index in [4.69, 9.17) is 10.0 Å². The van der Waals surface area contributed by atoms with Gasteiger partial charge in [-0.05, 0) is 93.2 Å². The average molecular weight is 613 g/mol. The highest BCUT2D eigenvalue weighted by molar-refractivity contribution is 9.10. The van der Waals surface area contributed by atoms with E-state index >= 15 is 0 Å². The first-order valence-corrected chi connectivity index (χ1v) is 13.7. The Kier molecular flexibility index (Phi) is 14.6. The molecule has 0 amide bonds. The van der Waals surface area contributed by atoms with Crippen LogP contribution in [0, 0.1) is 11.6 Å². The Labute approximate surface area is 244 Å². The summed E-state index contributed by atoms with van der Waals surface area (Å²) in [5.41, 5.74) is 4.53. The van der Waals surface area contributed by atoms with Gasteiger partial charge in [-0.25, -0.2) is 13.8 Å². The second-order valence-corrected chi connectivity index (χ2v) is 10.4. The van der Waals surface area contributed by atoms with Crippen molar-refractivity contribution in [2.24, 2.45) is 0 Å². The van der Waals surface area contributed by atoms with Crippen molar-refractivity contribution in [1.29, 1.82) is 0 Å². The van der Waals surface area contributed by atoms with Crippen LogP contribution in [0.2, 0.25) is 0 Å². The first-order chi connectivity index (χ1) is 19.0. The Morgan fingerprint density at radius 1 is 0.725 bits per heavy atom. The molecule has 0 saturated carbocycles. The smallest absolute Gasteiger partial charge is 0.423 e. The molecule has 4 rings (SSSR count). The van der Waals surface area contributed by atoms with Gasteiger partial charge in [0.2, 0.25) is 0 Å². The van der Waals surface area contributed by atoms with Crippen LogP contribution >= 0.6 is 15.9 Å². The van der Waals surface area contributed by atoms with E-state index in [0.717, 1.165) is 29.0 Å². The summed E-state index contributed by atoms with van der Waals surface area (Å²) in [4.78, 5) is 8.37. The fourth-order valence-electron chi connectivity index (χ4n) is 3.19. The van der Waals surface area contributed by atoms with Gasteiger partial charge in [0.25, 0.3) is 0 Å². The lowest BCUT2D eigenvalue weighted by Gasteiger charge is -2.09. The fourth-order valence-corrected chi connectivity index (χ4v) is 3.61. The van der Waals surface area contributed by atoms with Gasteiger partial charge in [0.15, 0.2) is 0 Å². The van der Waals surface area contributed by atoms with E-state index in [1.54, 1.807) is 24.5 Å². The maximum Gasteiger partial charge on any atom is 0.488 e. The molecule has 2 heterocycles. The van der Waals surface area contributed by atoms with E-state index in [9.17, 15) is 8.78 Å². The summed E-state index contributed by atoms with van der Waals surface area (Å²) in [5.74, 6) is -0.610. The van der Waals surface area contributed by atoms with Gasteiger partial charge in [0.05, 0.1) is 5.69 Å². The Morgan fingerprint density at radius 2 is 1.20 bits per heavy atom. The summed E-state index contributed by atoms with van der Waals surface area (Å²) in [7, 11) is -1.51. The van der Waals surface area contributed by atoms with E-state index in [1.165, 1.54) is 47.5 Å². The first kappa shape index (κ1) is 33.2. The number of hydrogen-bond donors (Lipinski definition) is 4. The maximum absolute atomic E-state index is 12.9. The number of nitrogens with one attached hydrogen (secondary N) is 2. The predicted molar refractivity (Wildman–Crippen MR) is 162 cm³/mol. The standard InChI is InChI=1S/C15H17FN2.C9H13BrN2.C6H6BFO2/c1-11(2)18-10-12-7-8-17-15(9-12)13-3-5-14(16)6-4-13;1-7(2)12-6-8-3-4-11-9(10)5-8;8-6-3-1-5(2-4-6)7(9)10/h3-9,11,18H,10H2,1-2H3;3-5,7,12H,6H2,1-2H3;1-4,9-10H. The SMILES string of the molecule is CC(C)NCc1ccnc(-c2ccc(F)cc2)c1.CC(C)NCc1ccnc(Br)c1.OB(O)c1ccc(F)cc1. The largest absolute Gasteiger partial charge is 0.488 e. The lowest BCUT2D eigenvalue weighted by Crippen LogP contribution is -2.29. The fraction of sp³-hybridized carbons (Fsp3) is 0.267. The zero-order valence-corrected chi connectivity index (χ0v) is 24.7. The molecular formula is C30H36BBrF2N4O2. The Bertz CT molecular complexity index is 1280. The summed E-state index contributed by atoms with van der Waals surface area (Å²) >= 11 is 3.33. The first-order valence-electron chi connectivity index (χ1n) is 12.9. The minimum Gasteiger partial charge on any atom is -0.423 e. The minimum atomic E-state index is -1.51. The van der Waals surface area contributed by atoms with Crippen molar-refractivity contribution in [3.8, 4) is 11.3 Å². The van der Waals surface area contributed by atoms with E-state index < -0.39 is 7.12 Å².